The summed E-state index contributed by atoms with van der Waals surface area (Å²) in [6, 6.07) is 10.6. The minimum atomic E-state index is -3.07. The molecule has 27 heavy (non-hydrogen) atoms. The van der Waals surface area contributed by atoms with Gasteiger partial charge in [-0.3, -0.25) is 4.79 Å². The summed E-state index contributed by atoms with van der Waals surface area (Å²) in [5.74, 6) is -0.607. The Hall–Kier alpha value is -2.26. The molecule has 0 aliphatic carbocycles. The summed E-state index contributed by atoms with van der Waals surface area (Å²) in [7, 11) is -3.07. The Balaban J connectivity index is 1.68. The fraction of sp³-hybridized carbons (Fsp3) is 0.222. The molecule has 1 atom stereocenters. The SMILES string of the molecule is O=C(NC1CCS(=O)(=O)C1)c1ccc2c(Br)nn(-c3ccc(F)cc3)c2c1. The number of nitrogens with zero attached hydrogens (tertiary/aromatic N) is 2. The van der Waals surface area contributed by atoms with Gasteiger partial charge >= 0.3 is 0 Å². The van der Waals surface area contributed by atoms with Gasteiger partial charge in [0.25, 0.3) is 5.91 Å². The van der Waals surface area contributed by atoms with Gasteiger partial charge in [-0.2, -0.15) is 5.10 Å². The minimum absolute atomic E-state index is 0.0277. The average Bonchev–Trinajstić information content (AvgIpc) is 3.14. The van der Waals surface area contributed by atoms with Crippen LogP contribution in [0.1, 0.15) is 16.8 Å². The molecule has 2 heterocycles. The quantitative estimate of drug-likeness (QED) is 0.663. The van der Waals surface area contributed by atoms with Crippen LogP contribution in [0.4, 0.5) is 4.39 Å². The van der Waals surface area contributed by atoms with E-state index >= 15 is 0 Å². The fourth-order valence-corrected chi connectivity index (χ4v) is 5.34. The van der Waals surface area contributed by atoms with Crippen LogP contribution < -0.4 is 5.32 Å². The van der Waals surface area contributed by atoms with Gasteiger partial charge < -0.3 is 5.32 Å². The standard InChI is InChI=1S/C18H15BrFN3O3S/c19-17-15-6-1-11(18(24)21-13-7-8-27(25,26)10-13)9-16(15)23(22-17)14-4-2-12(20)3-5-14/h1-6,9,13H,7-8,10H2,(H,21,24). The van der Waals surface area contributed by atoms with Crippen molar-refractivity contribution in [1.82, 2.24) is 15.1 Å². The fourth-order valence-electron chi connectivity index (χ4n) is 3.17. The Morgan fingerprint density at radius 3 is 2.63 bits per heavy atom. The molecule has 6 nitrogen and oxygen atoms in total. The van der Waals surface area contributed by atoms with E-state index in [-0.39, 0.29) is 29.3 Å². The van der Waals surface area contributed by atoms with Gasteiger partial charge in [0.15, 0.2) is 9.84 Å². The first-order valence-corrected chi connectivity index (χ1v) is 10.9. The second-order valence-corrected chi connectivity index (χ2v) is 9.46. The molecular formula is C18H15BrFN3O3S. The number of rotatable bonds is 3. The number of sulfone groups is 1. The van der Waals surface area contributed by atoms with Crippen LogP contribution in [0.25, 0.3) is 16.6 Å². The summed E-state index contributed by atoms with van der Waals surface area (Å²) in [4.78, 5) is 12.6. The molecule has 0 saturated carbocycles. The Kier molecular flexibility index (Phi) is 4.51. The zero-order valence-corrected chi connectivity index (χ0v) is 16.4. The molecule has 9 heteroatoms. The molecule has 1 fully saturated rings. The van der Waals surface area contributed by atoms with Gasteiger partial charge in [0.1, 0.15) is 10.4 Å². The lowest BCUT2D eigenvalue weighted by Crippen LogP contribution is -2.35. The highest BCUT2D eigenvalue weighted by molar-refractivity contribution is 9.10. The first-order valence-electron chi connectivity index (χ1n) is 8.28. The third kappa shape index (κ3) is 3.61. The van der Waals surface area contributed by atoms with Crippen molar-refractivity contribution in [2.24, 2.45) is 0 Å². The van der Waals surface area contributed by atoms with Crippen molar-refractivity contribution in [2.75, 3.05) is 11.5 Å². The summed E-state index contributed by atoms with van der Waals surface area (Å²) in [5.41, 5.74) is 1.74. The van der Waals surface area contributed by atoms with Crippen LogP contribution in [-0.2, 0) is 9.84 Å². The van der Waals surface area contributed by atoms with E-state index in [1.165, 1.54) is 12.1 Å². The van der Waals surface area contributed by atoms with Crippen molar-refractivity contribution in [3.8, 4) is 5.69 Å². The molecule has 0 radical (unpaired) electrons. The molecule has 140 valence electrons. The molecule has 1 amide bonds. The Morgan fingerprint density at radius 1 is 1.22 bits per heavy atom. The van der Waals surface area contributed by atoms with Crippen LogP contribution in [-0.4, -0.2) is 41.7 Å². The molecule has 1 saturated heterocycles. The van der Waals surface area contributed by atoms with E-state index in [1.807, 2.05) is 0 Å². The van der Waals surface area contributed by atoms with Crippen LogP contribution in [0.5, 0.6) is 0 Å². The molecule has 1 aliphatic rings. The van der Waals surface area contributed by atoms with E-state index < -0.39 is 9.84 Å². The number of nitrogens with one attached hydrogen (secondary N) is 1. The van der Waals surface area contributed by atoms with Crippen LogP contribution in [0.2, 0.25) is 0 Å². The number of fused-ring (bicyclic) bond motifs is 1. The predicted molar refractivity (Wildman–Crippen MR) is 103 cm³/mol. The lowest BCUT2D eigenvalue weighted by atomic mass is 10.1. The van der Waals surface area contributed by atoms with Crippen molar-refractivity contribution >= 4 is 42.6 Å². The Labute approximate surface area is 163 Å². The number of hydrogen-bond donors (Lipinski definition) is 1. The smallest absolute Gasteiger partial charge is 0.251 e. The van der Waals surface area contributed by atoms with Gasteiger partial charge in [0.05, 0.1) is 22.7 Å². The lowest BCUT2D eigenvalue weighted by Gasteiger charge is -2.11. The number of benzene rings is 2. The van der Waals surface area contributed by atoms with Crippen molar-refractivity contribution in [3.63, 3.8) is 0 Å². The molecular weight excluding hydrogens is 437 g/mol. The van der Waals surface area contributed by atoms with E-state index in [2.05, 4.69) is 26.3 Å². The monoisotopic (exact) mass is 451 g/mol. The van der Waals surface area contributed by atoms with Crippen molar-refractivity contribution in [3.05, 3.63) is 58.4 Å². The molecule has 3 aromatic rings. The molecule has 1 aromatic heterocycles. The molecule has 1 N–H and O–H groups in total. The highest BCUT2D eigenvalue weighted by atomic mass is 79.9. The van der Waals surface area contributed by atoms with Gasteiger partial charge in [0, 0.05) is 17.0 Å². The second-order valence-electron chi connectivity index (χ2n) is 6.48. The third-order valence-electron chi connectivity index (χ3n) is 4.54. The van der Waals surface area contributed by atoms with Gasteiger partial charge in [0.2, 0.25) is 0 Å². The van der Waals surface area contributed by atoms with E-state index in [4.69, 9.17) is 0 Å². The maximum atomic E-state index is 13.2. The van der Waals surface area contributed by atoms with E-state index in [0.29, 0.717) is 27.8 Å². The van der Waals surface area contributed by atoms with Gasteiger partial charge in [-0.1, -0.05) is 0 Å². The number of halogens is 2. The van der Waals surface area contributed by atoms with Crippen molar-refractivity contribution in [2.45, 2.75) is 12.5 Å². The zero-order chi connectivity index (χ0) is 19.2. The summed E-state index contributed by atoms with van der Waals surface area (Å²) >= 11 is 3.40. The summed E-state index contributed by atoms with van der Waals surface area (Å²) in [6.45, 7) is 0. The summed E-state index contributed by atoms with van der Waals surface area (Å²) in [5, 5.41) is 8.00. The minimum Gasteiger partial charge on any atom is -0.348 e. The molecule has 1 unspecified atom stereocenters. The number of hydrogen-bond acceptors (Lipinski definition) is 4. The summed E-state index contributed by atoms with van der Waals surface area (Å²) in [6.07, 6.45) is 0.426. The van der Waals surface area contributed by atoms with Crippen LogP contribution in [0, 0.1) is 5.82 Å². The highest BCUT2D eigenvalue weighted by Crippen LogP contribution is 2.27. The third-order valence-corrected chi connectivity index (χ3v) is 6.89. The van der Waals surface area contributed by atoms with Crippen LogP contribution >= 0.6 is 15.9 Å². The van der Waals surface area contributed by atoms with Crippen molar-refractivity contribution < 1.29 is 17.6 Å². The topological polar surface area (TPSA) is 81.1 Å². The summed E-state index contributed by atoms with van der Waals surface area (Å²) < 4.78 is 38.6. The first-order chi connectivity index (χ1) is 12.8. The number of carbonyl (C=O) groups is 1. The lowest BCUT2D eigenvalue weighted by molar-refractivity contribution is 0.0941. The van der Waals surface area contributed by atoms with Gasteiger partial charge in [-0.25, -0.2) is 17.5 Å². The molecule has 0 bridgehead atoms. The van der Waals surface area contributed by atoms with E-state index in [1.54, 1.807) is 35.0 Å². The Morgan fingerprint density at radius 2 is 1.96 bits per heavy atom. The van der Waals surface area contributed by atoms with Crippen LogP contribution in [0.15, 0.2) is 47.1 Å². The second kappa shape index (κ2) is 6.72. The highest BCUT2D eigenvalue weighted by Gasteiger charge is 2.29. The zero-order valence-electron chi connectivity index (χ0n) is 14.0. The van der Waals surface area contributed by atoms with Crippen molar-refractivity contribution in [1.29, 1.82) is 0 Å². The molecule has 4 rings (SSSR count). The normalized spacial score (nSPS) is 18.7. The molecule has 1 aliphatic heterocycles. The van der Waals surface area contributed by atoms with Gasteiger partial charge in [-0.05, 0) is 64.8 Å². The largest absolute Gasteiger partial charge is 0.348 e. The van der Waals surface area contributed by atoms with Gasteiger partial charge in [-0.15, -0.1) is 0 Å². The maximum Gasteiger partial charge on any atom is 0.251 e. The first kappa shape index (κ1) is 18.1. The molecule has 0 spiro atoms. The number of amides is 1. The van der Waals surface area contributed by atoms with E-state index in [0.717, 1.165) is 5.39 Å². The number of carbonyl (C=O) groups excluding carboxylic acids is 1. The predicted octanol–water partition coefficient (Wildman–Crippen LogP) is 2.84. The average molecular weight is 452 g/mol. The Bertz CT molecular complexity index is 1140. The van der Waals surface area contributed by atoms with Crippen LogP contribution in [0.3, 0.4) is 0 Å². The number of aromatic nitrogens is 2. The molecule has 2 aromatic carbocycles. The van der Waals surface area contributed by atoms with E-state index in [9.17, 15) is 17.6 Å². The maximum absolute atomic E-state index is 13.2.